The highest BCUT2D eigenvalue weighted by atomic mass is 31.2. The van der Waals surface area contributed by atoms with Gasteiger partial charge in [0.2, 0.25) is 0 Å². The van der Waals surface area contributed by atoms with E-state index in [9.17, 15) is 9.67 Å². The maximum Gasteiger partial charge on any atom is 0.301 e. The van der Waals surface area contributed by atoms with Gasteiger partial charge in [-0.2, -0.15) is 0 Å². The molecule has 17 heavy (non-hydrogen) atoms. The number of hydrogen-bond acceptors (Lipinski definition) is 3. The Morgan fingerprint density at radius 1 is 0.941 bits per heavy atom. The average Bonchev–Trinajstić information content (AvgIpc) is 2.41. The first-order valence-corrected chi connectivity index (χ1v) is 7.06. The molecular weight excluding hydrogens is 235 g/mol. The lowest BCUT2D eigenvalue weighted by Crippen LogP contribution is -2.12. The summed E-state index contributed by atoms with van der Waals surface area (Å²) in [7, 11) is -3.22. The van der Waals surface area contributed by atoms with Crippen molar-refractivity contribution in [2.24, 2.45) is 0 Å². The van der Waals surface area contributed by atoms with Crippen LogP contribution in [-0.2, 0) is 4.57 Å². The Kier molecular flexibility index (Phi) is 3.62. The number of rotatable bonds is 4. The van der Waals surface area contributed by atoms with E-state index in [0.717, 1.165) is 0 Å². The summed E-state index contributed by atoms with van der Waals surface area (Å²) in [5, 5.41) is 9.83. The summed E-state index contributed by atoms with van der Waals surface area (Å²) in [6.07, 6.45) is -0.508. The van der Waals surface area contributed by atoms with Crippen molar-refractivity contribution in [3.05, 3.63) is 60.7 Å². The van der Waals surface area contributed by atoms with Crippen LogP contribution in [-0.4, -0.2) is 11.5 Å². The van der Waals surface area contributed by atoms with Gasteiger partial charge >= 0.3 is 7.37 Å². The first-order chi connectivity index (χ1) is 8.24. The minimum absolute atomic E-state index is 0.494. The molecule has 0 aliphatic carbocycles. The van der Waals surface area contributed by atoms with Gasteiger partial charge in [-0.25, -0.2) is 0 Å². The van der Waals surface area contributed by atoms with Crippen molar-refractivity contribution < 1.29 is 14.2 Å². The van der Waals surface area contributed by atoms with Crippen LogP contribution in [0.2, 0.25) is 0 Å². The summed E-state index contributed by atoms with van der Waals surface area (Å²) in [6, 6.07) is 17.6. The van der Waals surface area contributed by atoms with E-state index in [4.69, 9.17) is 4.52 Å². The van der Waals surface area contributed by atoms with Gasteiger partial charge in [0.15, 0.2) is 0 Å². The second-order valence-corrected chi connectivity index (χ2v) is 5.88. The molecule has 0 spiro atoms. The van der Waals surface area contributed by atoms with Gasteiger partial charge in [-0.15, -0.1) is 0 Å². The third-order valence-electron chi connectivity index (χ3n) is 2.33. The molecule has 2 aromatic rings. The van der Waals surface area contributed by atoms with Gasteiger partial charge in [0.05, 0.1) is 5.30 Å². The third-order valence-corrected chi connectivity index (χ3v) is 4.29. The van der Waals surface area contributed by atoms with Gasteiger partial charge in [0.1, 0.15) is 12.1 Å². The van der Waals surface area contributed by atoms with E-state index in [1.807, 2.05) is 12.1 Å². The van der Waals surface area contributed by atoms with Gasteiger partial charge in [0, 0.05) is 0 Å². The zero-order valence-corrected chi connectivity index (χ0v) is 10.1. The molecule has 0 aliphatic heterocycles. The maximum atomic E-state index is 12.5. The summed E-state index contributed by atoms with van der Waals surface area (Å²) < 4.78 is 17.9. The number of hydrogen-bond donors (Lipinski definition) is 1. The largest absolute Gasteiger partial charge is 0.438 e. The van der Waals surface area contributed by atoms with E-state index < -0.39 is 13.7 Å². The lowest BCUT2D eigenvalue weighted by Gasteiger charge is -2.17. The molecule has 0 aliphatic rings. The highest BCUT2D eigenvalue weighted by molar-refractivity contribution is 7.67. The number of para-hydroxylation sites is 1. The molecule has 1 N–H and O–H groups in total. The SMILES string of the molecule is O=P(CO)(Oc1ccccc1)c1ccccc1. The van der Waals surface area contributed by atoms with Crippen molar-refractivity contribution in [2.45, 2.75) is 0 Å². The van der Waals surface area contributed by atoms with Crippen LogP contribution in [0, 0.1) is 0 Å². The van der Waals surface area contributed by atoms with Crippen molar-refractivity contribution >= 4 is 12.7 Å². The van der Waals surface area contributed by atoms with Crippen LogP contribution in [0.25, 0.3) is 0 Å². The average molecular weight is 248 g/mol. The second kappa shape index (κ2) is 5.17. The van der Waals surface area contributed by atoms with Gasteiger partial charge in [-0.3, -0.25) is 4.57 Å². The molecule has 0 heterocycles. The van der Waals surface area contributed by atoms with Crippen LogP contribution in [0.15, 0.2) is 60.7 Å². The number of benzene rings is 2. The van der Waals surface area contributed by atoms with Gasteiger partial charge < -0.3 is 9.63 Å². The molecule has 0 saturated heterocycles. The van der Waals surface area contributed by atoms with E-state index >= 15 is 0 Å². The lowest BCUT2D eigenvalue weighted by atomic mass is 10.3. The van der Waals surface area contributed by atoms with E-state index in [0.29, 0.717) is 11.1 Å². The summed E-state index contributed by atoms with van der Waals surface area (Å²) in [5.41, 5.74) is 0. The standard InChI is InChI=1S/C13H13O3P/c14-11-17(15,13-9-5-2-6-10-13)16-12-7-3-1-4-8-12/h1-10,14H,11H2. The van der Waals surface area contributed by atoms with Gasteiger partial charge in [-0.1, -0.05) is 36.4 Å². The molecule has 0 amide bonds. The summed E-state index contributed by atoms with van der Waals surface area (Å²) in [5.74, 6) is 0.494. The monoisotopic (exact) mass is 248 g/mol. The molecule has 1 atom stereocenters. The van der Waals surface area contributed by atoms with Crippen LogP contribution in [0.5, 0.6) is 5.75 Å². The molecule has 0 bridgehead atoms. The highest BCUT2D eigenvalue weighted by Gasteiger charge is 2.25. The Balaban J connectivity index is 2.30. The first-order valence-electron chi connectivity index (χ1n) is 5.25. The quantitative estimate of drug-likeness (QED) is 0.846. The topological polar surface area (TPSA) is 46.5 Å². The Bertz CT molecular complexity index is 511. The van der Waals surface area contributed by atoms with Gasteiger partial charge in [0.25, 0.3) is 0 Å². The molecule has 3 nitrogen and oxygen atoms in total. The summed E-state index contributed by atoms with van der Waals surface area (Å²) in [6.45, 7) is 0. The van der Waals surface area contributed by atoms with E-state index in [2.05, 4.69) is 0 Å². The molecule has 88 valence electrons. The zero-order chi connectivity index (χ0) is 12.1. The number of aliphatic hydroxyl groups is 1. The lowest BCUT2D eigenvalue weighted by molar-refractivity contribution is 0.340. The fraction of sp³-hybridized carbons (Fsp3) is 0.0769. The molecule has 2 rings (SSSR count). The predicted molar refractivity (Wildman–Crippen MR) is 67.8 cm³/mol. The Hall–Kier alpha value is -1.57. The molecule has 1 unspecified atom stereocenters. The zero-order valence-electron chi connectivity index (χ0n) is 9.19. The molecule has 2 aromatic carbocycles. The Morgan fingerprint density at radius 2 is 1.47 bits per heavy atom. The molecule has 0 radical (unpaired) electrons. The summed E-state index contributed by atoms with van der Waals surface area (Å²) >= 11 is 0. The second-order valence-electron chi connectivity index (χ2n) is 3.55. The maximum absolute atomic E-state index is 12.5. The van der Waals surface area contributed by atoms with E-state index in [1.54, 1.807) is 48.5 Å². The minimum atomic E-state index is -3.22. The van der Waals surface area contributed by atoms with E-state index in [1.165, 1.54) is 0 Å². The van der Waals surface area contributed by atoms with Crippen LogP contribution in [0.4, 0.5) is 0 Å². The third kappa shape index (κ3) is 2.76. The van der Waals surface area contributed by atoms with Crippen molar-refractivity contribution in [3.8, 4) is 5.75 Å². The first kappa shape index (κ1) is 11.9. The molecule has 0 saturated carbocycles. The molecule has 0 aromatic heterocycles. The fourth-order valence-corrected chi connectivity index (χ4v) is 2.89. The molecule has 0 fully saturated rings. The smallest absolute Gasteiger partial charge is 0.301 e. The molecular formula is C13H13O3P. The van der Waals surface area contributed by atoms with Crippen molar-refractivity contribution in [1.82, 2.24) is 0 Å². The van der Waals surface area contributed by atoms with Crippen molar-refractivity contribution in [3.63, 3.8) is 0 Å². The number of aliphatic hydroxyl groups excluding tert-OH is 1. The highest BCUT2D eigenvalue weighted by Crippen LogP contribution is 2.44. The predicted octanol–water partition coefficient (Wildman–Crippen LogP) is 2.62. The Morgan fingerprint density at radius 3 is 2.00 bits per heavy atom. The van der Waals surface area contributed by atoms with Gasteiger partial charge in [-0.05, 0) is 24.3 Å². The van der Waals surface area contributed by atoms with Crippen molar-refractivity contribution in [2.75, 3.05) is 6.35 Å². The van der Waals surface area contributed by atoms with E-state index in [-0.39, 0.29) is 0 Å². The molecule has 4 heteroatoms. The minimum Gasteiger partial charge on any atom is -0.438 e. The van der Waals surface area contributed by atoms with Crippen LogP contribution in [0.3, 0.4) is 0 Å². The van der Waals surface area contributed by atoms with Crippen molar-refractivity contribution in [1.29, 1.82) is 0 Å². The van der Waals surface area contributed by atoms with Crippen LogP contribution in [0.1, 0.15) is 0 Å². The fourth-order valence-electron chi connectivity index (χ4n) is 1.47. The summed E-state index contributed by atoms with van der Waals surface area (Å²) in [4.78, 5) is 0. The van der Waals surface area contributed by atoms with Crippen LogP contribution < -0.4 is 9.83 Å². The normalized spacial score (nSPS) is 13.9. The van der Waals surface area contributed by atoms with Crippen LogP contribution >= 0.6 is 7.37 Å². The Labute approximate surface area is 100 Å².